The van der Waals surface area contributed by atoms with Crippen LogP contribution in [-0.4, -0.2) is 11.0 Å². The lowest BCUT2D eigenvalue weighted by Gasteiger charge is -2.28. The zero-order valence-electron chi connectivity index (χ0n) is 9.00. The number of aromatic nitrogens is 1. The van der Waals surface area contributed by atoms with Gasteiger partial charge in [-0.3, -0.25) is 0 Å². The fraction of sp³-hybridized carbons (Fsp3) is 0.727. The molecule has 1 aliphatic carbocycles. The van der Waals surface area contributed by atoms with Gasteiger partial charge in [0.15, 0.2) is 5.13 Å². The summed E-state index contributed by atoms with van der Waals surface area (Å²) < 4.78 is 0. The van der Waals surface area contributed by atoms with Gasteiger partial charge in [-0.1, -0.05) is 30.9 Å². The van der Waals surface area contributed by atoms with Crippen molar-refractivity contribution in [2.75, 3.05) is 5.32 Å². The SMILES string of the molecule is CC(Nc1nc(Cl)cs1)C1CCCCC1. The summed E-state index contributed by atoms with van der Waals surface area (Å²) in [4.78, 5) is 4.22. The minimum Gasteiger partial charge on any atom is -0.359 e. The first-order valence-electron chi connectivity index (χ1n) is 5.63. The number of hydrogen-bond acceptors (Lipinski definition) is 3. The molecular formula is C11H17ClN2S. The van der Waals surface area contributed by atoms with Crippen molar-refractivity contribution in [3.05, 3.63) is 10.5 Å². The molecule has 0 amide bonds. The Morgan fingerprint density at radius 3 is 2.80 bits per heavy atom. The van der Waals surface area contributed by atoms with Crippen molar-refractivity contribution in [2.45, 2.75) is 45.1 Å². The summed E-state index contributed by atoms with van der Waals surface area (Å²) in [5.41, 5.74) is 0. The lowest BCUT2D eigenvalue weighted by molar-refractivity contribution is 0.328. The molecule has 4 heteroatoms. The molecule has 1 aromatic rings. The number of hydrogen-bond donors (Lipinski definition) is 1. The van der Waals surface area contributed by atoms with Gasteiger partial charge in [0.2, 0.25) is 0 Å². The molecule has 1 heterocycles. The standard InChI is InChI=1S/C11H17ClN2S/c1-8(9-5-3-2-4-6-9)13-11-14-10(12)7-15-11/h7-9H,2-6H2,1H3,(H,13,14). The monoisotopic (exact) mass is 244 g/mol. The summed E-state index contributed by atoms with van der Waals surface area (Å²) in [5.74, 6) is 0.807. The largest absolute Gasteiger partial charge is 0.359 e. The highest BCUT2D eigenvalue weighted by Crippen LogP contribution is 2.29. The van der Waals surface area contributed by atoms with E-state index in [-0.39, 0.29) is 0 Å². The predicted octanol–water partition coefficient (Wildman–Crippen LogP) is 4.18. The highest BCUT2D eigenvalue weighted by molar-refractivity contribution is 7.14. The number of rotatable bonds is 3. The highest BCUT2D eigenvalue weighted by Gasteiger charge is 2.20. The third kappa shape index (κ3) is 3.08. The lowest BCUT2D eigenvalue weighted by atomic mass is 9.85. The van der Waals surface area contributed by atoms with Crippen LogP contribution >= 0.6 is 22.9 Å². The van der Waals surface area contributed by atoms with Crippen LogP contribution < -0.4 is 5.32 Å². The molecule has 1 aliphatic rings. The van der Waals surface area contributed by atoms with E-state index in [1.54, 1.807) is 11.3 Å². The zero-order valence-corrected chi connectivity index (χ0v) is 10.6. The van der Waals surface area contributed by atoms with Crippen LogP contribution in [0.2, 0.25) is 5.15 Å². The first-order valence-corrected chi connectivity index (χ1v) is 6.89. The van der Waals surface area contributed by atoms with Gasteiger partial charge < -0.3 is 5.32 Å². The summed E-state index contributed by atoms with van der Waals surface area (Å²) in [5, 5.41) is 6.88. The van der Waals surface area contributed by atoms with Crippen LogP contribution in [0.4, 0.5) is 5.13 Å². The Balaban J connectivity index is 1.88. The third-order valence-corrected chi connectivity index (χ3v) is 4.28. The van der Waals surface area contributed by atoms with Crippen LogP contribution in [0.3, 0.4) is 0 Å². The van der Waals surface area contributed by atoms with Gasteiger partial charge in [-0.2, -0.15) is 0 Å². The minimum absolute atomic E-state index is 0.521. The van der Waals surface area contributed by atoms with Crippen LogP contribution in [0.5, 0.6) is 0 Å². The van der Waals surface area contributed by atoms with Gasteiger partial charge in [0, 0.05) is 11.4 Å². The average Bonchev–Trinajstić information content (AvgIpc) is 2.65. The summed E-state index contributed by atoms with van der Waals surface area (Å²) in [6.45, 7) is 2.26. The van der Waals surface area contributed by atoms with Gasteiger partial charge in [-0.15, -0.1) is 11.3 Å². The predicted molar refractivity (Wildman–Crippen MR) is 66.8 cm³/mol. The summed E-state index contributed by atoms with van der Waals surface area (Å²) in [6, 6.07) is 0.521. The molecule has 1 fully saturated rings. The van der Waals surface area contributed by atoms with Crippen molar-refractivity contribution in [3.63, 3.8) is 0 Å². The van der Waals surface area contributed by atoms with Crippen molar-refractivity contribution >= 4 is 28.1 Å². The Kier molecular flexibility index (Phi) is 3.87. The van der Waals surface area contributed by atoms with Crippen LogP contribution in [0.25, 0.3) is 0 Å². The van der Waals surface area contributed by atoms with Gasteiger partial charge >= 0.3 is 0 Å². The molecule has 1 unspecified atom stereocenters. The number of halogens is 1. The third-order valence-electron chi connectivity index (χ3n) is 3.18. The molecule has 0 aromatic carbocycles. The molecule has 0 aliphatic heterocycles. The first-order chi connectivity index (χ1) is 7.25. The molecule has 1 saturated carbocycles. The fourth-order valence-electron chi connectivity index (χ4n) is 2.27. The average molecular weight is 245 g/mol. The molecule has 2 rings (SSSR count). The van der Waals surface area contributed by atoms with Crippen LogP contribution in [0.15, 0.2) is 5.38 Å². The molecule has 1 N–H and O–H groups in total. The molecule has 2 nitrogen and oxygen atoms in total. The molecule has 1 atom stereocenters. The van der Waals surface area contributed by atoms with Gasteiger partial charge in [0.1, 0.15) is 5.15 Å². The second-order valence-corrected chi connectivity index (χ2v) is 5.55. The Morgan fingerprint density at radius 2 is 2.20 bits per heavy atom. The van der Waals surface area contributed by atoms with Crippen molar-refractivity contribution < 1.29 is 0 Å². The Labute approximate surface area is 100 Å². The van der Waals surface area contributed by atoms with E-state index in [1.165, 1.54) is 32.1 Å². The zero-order chi connectivity index (χ0) is 10.7. The lowest BCUT2D eigenvalue weighted by Crippen LogP contribution is -2.27. The molecule has 0 spiro atoms. The number of anilines is 1. The van der Waals surface area contributed by atoms with Gasteiger partial charge in [0.25, 0.3) is 0 Å². The second kappa shape index (κ2) is 5.17. The van der Waals surface area contributed by atoms with E-state index in [0.29, 0.717) is 11.2 Å². The molecule has 1 aromatic heterocycles. The van der Waals surface area contributed by atoms with E-state index in [2.05, 4.69) is 17.2 Å². The van der Waals surface area contributed by atoms with E-state index in [4.69, 9.17) is 11.6 Å². The summed E-state index contributed by atoms with van der Waals surface area (Å²) in [6.07, 6.45) is 6.89. The summed E-state index contributed by atoms with van der Waals surface area (Å²) >= 11 is 7.38. The first kappa shape index (κ1) is 11.2. The topological polar surface area (TPSA) is 24.9 Å². The Bertz CT molecular complexity index is 307. The van der Waals surface area contributed by atoms with E-state index >= 15 is 0 Å². The van der Waals surface area contributed by atoms with Crippen molar-refractivity contribution in [2.24, 2.45) is 5.92 Å². The molecule has 0 bridgehead atoms. The van der Waals surface area contributed by atoms with Crippen LogP contribution in [0.1, 0.15) is 39.0 Å². The quantitative estimate of drug-likeness (QED) is 0.863. The van der Waals surface area contributed by atoms with Crippen molar-refractivity contribution in [1.29, 1.82) is 0 Å². The number of nitrogens with zero attached hydrogens (tertiary/aromatic N) is 1. The Hall–Kier alpha value is -0.280. The second-order valence-electron chi connectivity index (χ2n) is 4.31. The fourth-order valence-corrected chi connectivity index (χ4v) is 3.20. The Morgan fingerprint density at radius 1 is 1.47 bits per heavy atom. The molecule has 15 heavy (non-hydrogen) atoms. The maximum Gasteiger partial charge on any atom is 0.184 e. The van der Waals surface area contributed by atoms with Crippen molar-refractivity contribution in [3.8, 4) is 0 Å². The van der Waals surface area contributed by atoms with Crippen LogP contribution in [-0.2, 0) is 0 Å². The van der Waals surface area contributed by atoms with Gasteiger partial charge in [-0.25, -0.2) is 4.98 Å². The highest BCUT2D eigenvalue weighted by atomic mass is 35.5. The normalized spacial score (nSPS) is 20.1. The maximum atomic E-state index is 5.79. The molecular weight excluding hydrogens is 228 g/mol. The van der Waals surface area contributed by atoms with E-state index in [0.717, 1.165) is 11.0 Å². The summed E-state index contributed by atoms with van der Waals surface area (Å²) in [7, 11) is 0. The minimum atomic E-state index is 0.521. The van der Waals surface area contributed by atoms with E-state index in [9.17, 15) is 0 Å². The van der Waals surface area contributed by atoms with Crippen molar-refractivity contribution in [1.82, 2.24) is 4.98 Å². The van der Waals surface area contributed by atoms with Gasteiger partial charge in [0.05, 0.1) is 0 Å². The maximum absolute atomic E-state index is 5.79. The van der Waals surface area contributed by atoms with Gasteiger partial charge in [-0.05, 0) is 25.7 Å². The number of thiazole rings is 1. The number of nitrogens with one attached hydrogen (secondary N) is 1. The van der Waals surface area contributed by atoms with E-state index in [1.807, 2.05) is 5.38 Å². The molecule has 84 valence electrons. The molecule has 0 saturated heterocycles. The smallest absolute Gasteiger partial charge is 0.184 e. The molecule has 0 radical (unpaired) electrons. The van der Waals surface area contributed by atoms with Crippen LogP contribution in [0, 0.1) is 5.92 Å². The van der Waals surface area contributed by atoms with E-state index < -0.39 is 0 Å².